The average molecular weight is 446 g/mol. The fourth-order valence-electron chi connectivity index (χ4n) is 2.91. The Morgan fingerprint density at radius 3 is 2.59 bits per heavy atom. The number of aromatic nitrogens is 3. The second kappa shape index (κ2) is 10.6. The van der Waals surface area contributed by atoms with Gasteiger partial charge < -0.3 is 18.9 Å². The molecule has 12 heteroatoms. The van der Waals surface area contributed by atoms with Crippen molar-refractivity contribution in [2.75, 3.05) is 6.61 Å². The quantitative estimate of drug-likeness (QED) is 0.240. The summed E-state index contributed by atoms with van der Waals surface area (Å²) in [6.07, 6.45) is 2.73. The van der Waals surface area contributed by atoms with E-state index in [9.17, 15) is 19.7 Å². The van der Waals surface area contributed by atoms with Crippen molar-refractivity contribution in [2.45, 2.75) is 45.5 Å². The van der Waals surface area contributed by atoms with Gasteiger partial charge >= 0.3 is 11.9 Å². The SMILES string of the molecule is CC(=O)OC[C@H]1OC(OCc2cn(Cc3ccc([N+](=O)[O-])cc3)nn2)C=C[C@@H]1OC(C)=O. The van der Waals surface area contributed by atoms with Gasteiger partial charge in [0.25, 0.3) is 5.69 Å². The summed E-state index contributed by atoms with van der Waals surface area (Å²) in [5.41, 5.74) is 1.39. The van der Waals surface area contributed by atoms with Crippen molar-refractivity contribution in [3.8, 4) is 0 Å². The summed E-state index contributed by atoms with van der Waals surface area (Å²) in [6, 6.07) is 6.16. The van der Waals surface area contributed by atoms with Crippen LogP contribution in [0, 0.1) is 10.1 Å². The number of nitro groups is 1. The van der Waals surface area contributed by atoms with Gasteiger partial charge in [-0.15, -0.1) is 5.10 Å². The van der Waals surface area contributed by atoms with Crippen LogP contribution in [0.15, 0.2) is 42.6 Å². The van der Waals surface area contributed by atoms with E-state index in [4.69, 9.17) is 18.9 Å². The Kier molecular flexibility index (Phi) is 7.63. The number of hydrogen-bond donors (Lipinski definition) is 0. The van der Waals surface area contributed by atoms with Crippen LogP contribution in [0.1, 0.15) is 25.1 Å². The second-order valence-electron chi connectivity index (χ2n) is 6.95. The van der Waals surface area contributed by atoms with Crippen LogP contribution in [0.3, 0.4) is 0 Å². The first-order chi connectivity index (χ1) is 15.3. The van der Waals surface area contributed by atoms with E-state index < -0.39 is 35.4 Å². The first kappa shape index (κ1) is 23.0. The molecule has 0 fully saturated rings. The van der Waals surface area contributed by atoms with Crippen LogP contribution in [0.2, 0.25) is 0 Å². The number of non-ortho nitro benzene ring substituents is 1. The second-order valence-corrected chi connectivity index (χ2v) is 6.95. The lowest BCUT2D eigenvalue weighted by molar-refractivity contribution is -0.384. The van der Waals surface area contributed by atoms with Gasteiger partial charge in [0.15, 0.2) is 6.29 Å². The van der Waals surface area contributed by atoms with Crippen molar-refractivity contribution in [1.29, 1.82) is 0 Å². The zero-order valence-corrected chi connectivity index (χ0v) is 17.4. The van der Waals surface area contributed by atoms with Crippen LogP contribution in [0.4, 0.5) is 5.69 Å². The Morgan fingerprint density at radius 1 is 1.19 bits per heavy atom. The van der Waals surface area contributed by atoms with Crippen LogP contribution in [-0.4, -0.2) is 57.0 Å². The van der Waals surface area contributed by atoms with Gasteiger partial charge in [0, 0.05) is 26.0 Å². The summed E-state index contributed by atoms with van der Waals surface area (Å²) in [4.78, 5) is 32.7. The van der Waals surface area contributed by atoms with Crippen molar-refractivity contribution in [1.82, 2.24) is 15.0 Å². The molecule has 1 unspecified atom stereocenters. The van der Waals surface area contributed by atoms with E-state index in [-0.39, 0.29) is 18.9 Å². The van der Waals surface area contributed by atoms with E-state index in [1.165, 1.54) is 26.0 Å². The molecule has 0 spiro atoms. The zero-order chi connectivity index (χ0) is 23.1. The Labute approximate surface area is 182 Å². The van der Waals surface area contributed by atoms with Crippen LogP contribution >= 0.6 is 0 Å². The summed E-state index contributed by atoms with van der Waals surface area (Å²) >= 11 is 0. The van der Waals surface area contributed by atoms with E-state index in [0.29, 0.717) is 12.2 Å². The van der Waals surface area contributed by atoms with Crippen molar-refractivity contribution in [3.05, 3.63) is 64.0 Å². The normalized spacial score (nSPS) is 20.0. The molecule has 32 heavy (non-hydrogen) atoms. The average Bonchev–Trinajstić information content (AvgIpc) is 3.19. The van der Waals surface area contributed by atoms with E-state index in [1.807, 2.05) is 0 Å². The van der Waals surface area contributed by atoms with Crippen molar-refractivity contribution in [2.24, 2.45) is 0 Å². The molecule has 3 atom stereocenters. The first-order valence-electron chi connectivity index (χ1n) is 9.68. The molecule has 0 saturated carbocycles. The molecule has 0 radical (unpaired) electrons. The van der Waals surface area contributed by atoms with Gasteiger partial charge in [-0.1, -0.05) is 17.3 Å². The lowest BCUT2D eigenvalue weighted by Gasteiger charge is -2.31. The highest BCUT2D eigenvalue weighted by Gasteiger charge is 2.31. The minimum Gasteiger partial charge on any atom is -0.463 e. The minimum absolute atomic E-state index is 0.0184. The predicted octanol–water partition coefficient (Wildman–Crippen LogP) is 1.53. The number of carbonyl (C=O) groups is 2. The van der Waals surface area contributed by atoms with E-state index in [2.05, 4.69) is 10.3 Å². The number of nitrogens with zero attached hydrogens (tertiary/aromatic N) is 4. The molecule has 2 aromatic rings. The van der Waals surface area contributed by atoms with Crippen LogP contribution in [-0.2, 0) is 41.7 Å². The number of esters is 2. The summed E-state index contributed by atoms with van der Waals surface area (Å²) in [5, 5.41) is 18.8. The van der Waals surface area contributed by atoms with Crippen LogP contribution < -0.4 is 0 Å². The van der Waals surface area contributed by atoms with Crippen molar-refractivity contribution >= 4 is 17.6 Å². The van der Waals surface area contributed by atoms with E-state index in [1.54, 1.807) is 35.2 Å². The highest BCUT2D eigenvalue weighted by atomic mass is 16.7. The molecule has 0 bridgehead atoms. The molecule has 1 aromatic carbocycles. The molecule has 0 amide bonds. The number of ether oxygens (including phenoxy) is 4. The molecule has 1 aromatic heterocycles. The van der Waals surface area contributed by atoms with E-state index >= 15 is 0 Å². The molecule has 12 nitrogen and oxygen atoms in total. The topological polar surface area (TPSA) is 145 Å². The largest absolute Gasteiger partial charge is 0.463 e. The number of benzene rings is 1. The standard InChI is InChI=1S/C20H22N4O8/c1-13(25)29-12-19-18(31-14(2)26)7-8-20(32-19)30-11-16-10-23(22-21-16)9-15-3-5-17(6-4-15)24(27)28/h3-8,10,18-20H,9,11-12H2,1-2H3/t18-,19+,20?/m0/s1. The summed E-state index contributed by atoms with van der Waals surface area (Å²) in [6.45, 7) is 2.93. The third-order valence-electron chi connectivity index (χ3n) is 4.36. The number of carbonyl (C=O) groups excluding carboxylic acids is 2. The highest BCUT2D eigenvalue weighted by Crippen LogP contribution is 2.19. The van der Waals surface area contributed by atoms with Gasteiger partial charge in [-0.3, -0.25) is 19.7 Å². The van der Waals surface area contributed by atoms with Crippen LogP contribution in [0.5, 0.6) is 0 Å². The van der Waals surface area contributed by atoms with Gasteiger partial charge in [-0.25, -0.2) is 4.68 Å². The lowest BCUT2D eigenvalue weighted by atomic mass is 10.1. The Bertz CT molecular complexity index is 988. The summed E-state index contributed by atoms with van der Waals surface area (Å²) < 4.78 is 23.1. The van der Waals surface area contributed by atoms with Crippen molar-refractivity contribution < 1.29 is 33.5 Å². The zero-order valence-electron chi connectivity index (χ0n) is 17.4. The van der Waals surface area contributed by atoms with Crippen LogP contribution in [0.25, 0.3) is 0 Å². The monoisotopic (exact) mass is 446 g/mol. The molecule has 170 valence electrons. The lowest BCUT2D eigenvalue weighted by Crippen LogP contribution is -2.42. The summed E-state index contributed by atoms with van der Waals surface area (Å²) in [5.74, 6) is -0.966. The third kappa shape index (κ3) is 6.68. The fourth-order valence-corrected chi connectivity index (χ4v) is 2.91. The molecule has 0 saturated heterocycles. The number of nitro benzene ring substituents is 1. The molecule has 2 heterocycles. The first-order valence-corrected chi connectivity index (χ1v) is 9.68. The highest BCUT2D eigenvalue weighted by molar-refractivity contribution is 5.66. The number of hydrogen-bond acceptors (Lipinski definition) is 10. The molecule has 1 aliphatic heterocycles. The van der Waals surface area contributed by atoms with Crippen molar-refractivity contribution in [3.63, 3.8) is 0 Å². The minimum atomic E-state index is -0.762. The van der Waals surface area contributed by atoms with Gasteiger partial charge in [-0.2, -0.15) is 0 Å². The van der Waals surface area contributed by atoms with Gasteiger partial charge in [-0.05, 0) is 17.7 Å². The Balaban J connectivity index is 1.54. The molecule has 0 aliphatic carbocycles. The maximum atomic E-state index is 11.3. The Hall–Kier alpha value is -3.64. The number of rotatable bonds is 9. The molecule has 0 N–H and O–H groups in total. The Morgan fingerprint density at radius 2 is 1.94 bits per heavy atom. The molecule has 3 rings (SSSR count). The smallest absolute Gasteiger partial charge is 0.303 e. The predicted molar refractivity (Wildman–Crippen MR) is 107 cm³/mol. The molecular weight excluding hydrogens is 424 g/mol. The van der Waals surface area contributed by atoms with Gasteiger partial charge in [0.1, 0.15) is 24.5 Å². The molecule has 1 aliphatic rings. The molecular formula is C20H22N4O8. The van der Waals surface area contributed by atoms with Gasteiger partial charge in [0.05, 0.1) is 24.3 Å². The maximum absolute atomic E-state index is 11.3. The summed E-state index contributed by atoms with van der Waals surface area (Å²) in [7, 11) is 0. The van der Waals surface area contributed by atoms with E-state index in [0.717, 1.165) is 5.56 Å². The fraction of sp³-hybridized carbons (Fsp3) is 0.400. The third-order valence-corrected chi connectivity index (χ3v) is 4.36. The maximum Gasteiger partial charge on any atom is 0.303 e. The van der Waals surface area contributed by atoms with Gasteiger partial charge in [0.2, 0.25) is 0 Å².